The number of thiazole rings is 1. The number of rotatable bonds is 12. The molecule has 0 aliphatic carbocycles. The Morgan fingerprint density at radius 3 is 2.64 bits per heavy atom. The van der Waals surface area contributed by atoms with E-state index < -0.39 is 0 Å². The molecule has 6 heteroatoms. The molecule has 5 nitrogen and oxygen atoms in total. The molecule has 0 saturated carbocycles. The van der Waals surface area contributed by atoms with E-state index in [4.69, 9.17) is 0 Å². The zero-order valence-corrected chi connectivity index (χ0v) is 17.6. The van der Waals surface area contributed by atoms with Crippen molar-refractivity contribution in [3.8, 4) is 0 Å². The molecule has 0 bridgehead atoms. The van der Waals surface area contributed by atoms with Gasteiger partial charge >= 0.3 is 0 Å². The van der Waals surface area contributed by atoms with Gasteiger partial charge in [0, 0.05) is 30.7 Å². The van der Waals surface area contributed by atoms with Gasteiger partial charge in [-0.1, -0.05) is 13.8 Å². The Bertz CT molecular complexity index is 482. The molecular formula is C19H37N5S. The molecule has 0 fully saturated rings. The fourth-order valence-corrected chi connectivity index (χ4v) is 3.60. The van der Waals surface area contributed by atoms with Crippen LogP contribution in [0.4, 0.5) is 0 Å². The van der Waals surface area contributed by atoms with Gasteiger partial charge in [0.15, 0.2) is 5.96 Å². The molecule has 144 valence electrons. The third-order valence-corrected chi connectivity index (χ3v) is 5.42. The van der Waals surface area contributed by atoms with Gasteiger partial charge in [-0.25, -0.2) is 4.98 Å². The molecule has 0 aliphatic rings. The van der Waals surface area contributed by atoms with Crippen molar-refractivity contribution in [1.29, 1.82) is 0 Å². The summed E-state index contributed by atoms with van der Waals surface area (Å²) in [5.74, 6) is 0.917. The first-order chi connectivity index (χ1) is 12.1. The minimum absolute atomic E-state index is 0.444. The summed E-state index contributed by atoms with van der Waals surface area (Å²) in [5.41, 5.74) is 1.14. The van der Waals surface area contributed by atoms with E-state index in [1.54, 1.807) is 11.3 Å². The third-order valence-electron chi connectivity index (χ3n) is 4.39. The average molecular weight is 368 g/mol. The fraction of sp³-hybridized carbons (Fsp3) is 0.789. The van der Waals surface area contributed by atoms with Crippen LogP contribution in [0.5, 0.6) is 0 Å². The second kappa shape index (κ2) is 13.1. The van der Waals surface area contributed by atoms with Crippen LogP contribution in [0.25, 0.3) is 0 Å². The highest BCUT2D eigenvalue weighted by Gasteiger charge is 2.06. The Hall–Kier alpha value is -1.14. The molecule has 25 heavy (non-hydrogen) atoms. The van der Waals surface area contributed by atoms with Crippen molar-refractivity contribution in [2.75, 3.05) is 33.2 Å². The molecule has 0 aromatic carbocycles. The Kier molecular flexibility index (Phi) is 11.5. The van der Waals surface area contributed by atoms with Gasteiger partial charge in [0.25, 0.3) is 0 Å². The molecule has 2 N–H and O–H groups in total. The van der Waals surface area contributed by atoms with Crippen LogP contribution in [-0.4, -0.2) is 55.1 Å². The van der Waals surface area contributed by atoms with Gasteiger partial charge in [-0.15, -0.1) is 11.3 Å². The number of aromatic nitrogens is 1. The van der Waals surface area contributed by atoms with Gasteiger partial charge < -0.3 is 15.5 Å². The Balaban J connectivity index is 2.12. The quantitative estimate of drug-likeness (QED) is 0.337. The fourth-order valence-electron chi connectivity index (χ4n) is 2.79. The van der Waals surface area contributed by atoms with Gasteiger partial charge in [0.1, 0.15) is 0 Å². The minimum atomic E-state index is 0.444. The smallest absolute Gasteiger partial charge is 0.191 e. The van der Waals surface area contributed by atoms with Crippen LogP contribution in [0.15, 0.2) is 10.4 Å². The Morgan fingerprint density at radius 1 is 1.28 bits per heavy atom. The van der Waals surface area contributed by atoms with Crippen LogP contribution in [0.1, 0.15) is 57.2 Å². The van der Waals surface area contributed by atoms with E-state index in [0.717, 1.165) is 50.6 Å². The molecule has 0 aliphatic heterocycles. The normalized spacial score (nSPS) is 13.3. The van der Waals surface area contributed by atoms with Gasteiger partial charge in [0.2, 0.25) is 0 Å². The minimum Gasteiger partial charge on any atom is -0.356 e. The predicted molar refractivity (Wildman–Crippen MR) is 111 cm³/mol. The molecule has 0 radical (unpaired) electrons. The van der Waals surface area contributed by atoms with E-state index in [-0.39, 0.29) is 0 Å². The molecule has 0 amide bonds. The van der Waals surface area contributed by atoms with Crippen LogP contribution in [0.2, 0.25) is 0 Å². The number of aryl methyl sites for hydroxylation is 2. The van der Waals surface area contributed by atoms with Gasteiger partial charge in [-0.2, -0.15) is 0 Å². The largest absolute Gasteiger partial charge is 0.356 e. The van der Waals surface area contributed by atoms with Crippen molar-refractivity contribution in [2.45, 2.75) is 65.8 Å². The van der Waals surface area contributed by atoms with Crippen LogP contribution < -0.4 is 10.6 Å². The summed E-state index contributed by atoms with van der Waals surface area (Å²) < 4.78 is 0. The van der Waals surface area contributed by atoms with Gasteiger partial charge in [-0.3, -0.25) is 4.99 Å². The summed E-state index contributed by atoms with van der Waals surface area (Å²) in [6.07, 6.45) is 5.76. The number of hydrogen-bond donors (Lipinski definition) is 2. The number of aliphatic imine (C=N–C) groups is 1. The highest BCUT2D eigenvalue weighted by molar-refractivity contribution is 7.09. The van der Waals surface area contributed by atoms with E-state index in [1.165, 1.54) is 24.4 Å². The molecule has 1 atom stereocenters. The second-order valence-electron chi connectivity index (χ2n) is 6.55. The van der Waals surface area contributed by atoms with Crippen molar-refractivity contribution >= 4 is 17.3 Å². The van der Waals surface area contributed by atoms with Crippen LogP contribution in [-0.2, 0) is 6.42 Å². The summed E-state index contributed by atoms with van der Waals surface area (Å²) in [6, 6.07) is 0.444. The van der Waals surface area contributed by atoms with Gasteiger partial charge in [-0.05, 0) is 65.6 Å². The molecule has 1 aromatic rings. The van der Waals surface area contributed by atoms with Crippen molar-refractivity contribution in [1.82, 2.24) is 20.5 Å². The second-order valence-corrected chi connectivity index (χ2v) is 7.50. The van der Waals surface area contributed by atoms with Crippen molar-refractivity contribution < 1.29 is 0 Å². The lowest BCUT2D eigenvalue weighted by molar-refractivity contribution is 0.292. The van der Waals surface area contributed by atoms with E-state index in [9.17, 15) is 0 Å². The average Bonchev–Trinajstić information content (AvgIpc) is 3.02. The zero-order chi connectivity index (χ0) is 18.5. The number of nitrogens with one attached hydrogen (secondary N) is 2. The lowest BCUT2D eigenvalue weighted by Gasteiger charge is -2.21. The summed E-state index contributed by atoms with van der Waals surface area (Å²) >= 11 is 1.77. The van der Waals surface area contributed by atoms with E-state index in [2.05, 4.69) is 58.6 Å². The zero-order valence-electron chi connectivity index (χ0n) is 16.8. The van der Waals surface area contributed by atoms with E-state index in [0.29, 0.717) is 6.04 Å². The monoisotopic (exact) mass is 367 g/mol. The molecule has 1 unspecified atom stereocenters. The summed E-state index contributed by atoms with van der Waals surface area (Å²) in [6.45, 7) is 13.2. The van der Waals surface area contributed by atoms with Gasteiger partial charge in [0.05, 0.1) is 5.01 Å². The van der Waals surface area contributed by atoms with Crippen molar-refractivity contribution in [3.63, 3.8) is 0 Å². The molecule has 1 rings (SSSR count). The topological polar surface area (TPSA) is 52.5 Å². The first-order valence-electron chi connectivity index (χ1n) is 9.69. The molecule has 0 saturated heterocycles. The number of nitrogens with zero attached hydrogens (tertiary/aromatic N) is 3. The predicted octanol–water partition coefficient (Wildman–Crippen LogP) is 3.45. The highest BCUT2D eigenvalue weighted by atomic mass is 32.1. The molecular weight excluding hydrogens is 330 g/mol. The van der Waals surface area contributed by atoms with Crippen molar-refractivity contribution in [2.24, 2.45) is 4.99 Å². The summed E-state index contributed by atoms with van der Waals surface area (Å²) in [4.78, 5) is 11.3. The summed E-state index contributed by atoms with van der Waals surface area (Å²) in [5, 5.41) is 10.3. The highest BCUT2D eigenvalue weighted by Crippen LogP contribution is 2.11. The Morgan fingerprint density at radius 2 is 2.04 bits per heavy atom. The molecule has 1 aromatic heterocycles. The van der Waals surface area contributed by atoms with Crippen LogP contribution in [0, 0.1) is 6.92 Å². The maximum Gasteiger partial charge on any atom is 0.191 e. The van der Waals surface area contributed by atoms with E-state index in [1.807, 2.05) is 7.05 Å². The molecule has 1 heterocycles. The maximum atomic E-state index is 4.51. The SMILES string of the molecule is CCN(CC)CCCC(C)NC(=NC)NCCCCc1nc(C)cs1. The Labute approximate surface area is 158 Å². The van der Waals surface area contributed by atoms with Crippen molar-refractivity contribution in [3.05, 3.63) is 16.1 Å². The lowest BCUT2D eigenvalue weighted by Crippen LogP contribution is -2.42. The van der Waals surface area contributed by atoms with Crippen LogP contribution in [0.3, 0.4) is 0 Å². The first-order valence-corrected chi connectivity index (χ1v) is 10.6. The number of hydrogen-bond acceptors (Lipinski definition) is 4. The van der Waals surface area contributed by atoms with E-state index >= 15 is 0 Å². The third kappa shape index (κ3) is 9.80. The number of unbranched alkanes of at least 4 members (excludes halogenated alkanes) is 1. The summed E-state index contributed by atoms with van der Waals surface area (Å²) in [7, 11) is 1.84. The lowest BCUT2D eigenvalue weighted by atomic mass is 10.2. The molecule has 0 spiro atoms. The maximum absolute atomic E-state index is 4.51. The first kappa shape index (κ1) is 21.9. The standard InChI is InChI=1S/C19H37N5S/c1-6-24(7-2)14-10-11-16(3)23-19(20-5)21-13-9-8-12-18-22-17(4)15-25-18/h15-16H,6-14H2,1-5H3,(H2,20,21,23). The van der Waals surface area contributed by atoms with Crippen LogP contribution >= 0.6 is 11.3 Å². The number of guanidine groups is 1.